The van der Waals surface area contributed by atoms with E-state index in [1.807, 2.05) is 0 Å². The van der Waals surface area contributed by atoms with Crippen LogP contribution in [0.15, 0.2) is 65.8 Å². The Morgan fingerprint density at radius 1 is 1.06 bits per heavy atom. The van der Waals surface area contributed by atoms with Crippen LogP contribution in [0.3, 0.4) is 0 Å². The summed E-state index contributed by atoms with van der Waals surface area (Å²) in [5, 5.41) is 3.55. The molecular formula is C16H17N. The summed E-state index contributed by atoms with van der Waals surface area (Å²) in [6.45, 7) is 0.982. The SMILES string of the molecule is C1=CC(C2=CC(c3ccccc3)NC2)=CCC1. The fraction of sp³-hybridized carbons (Fsp3) is 0.250. The lowest BCUT2D eigenvalue weighted by Crippen LogP contribution is -2.14. The van der Waals surface area contributed by atoms with Gasteiger partial charge in [0.05, 0.1) is 6.04 Å². The molecule has 0 saturated carbocycles. The van der Waals surface area contributed by atoms with Crippen molar-refractivity contribution >= 4 is 0 Å². The van der Waals surface area contributed by atoms with Gasteiger partial charge in [-0.3, -0.25) is 0 Å². The third kappa shape index (κ3) is 2.25. The first kappa shape index (κ1) is 10.5. The molecule has 86 valence electrons. The summed E-state index contributed by atoms with van der Waals surface area (Å²) in [7, 11) is 0. The Morgan fingerprint density at radius 2 is 1.94 bits per heavy atom. The predicted octanol–water partition coefficient (Wildman–Crippen LogP) is 3.53. The molecule has 0 radical (unpaired) electrons. The van der Waals surface area contributed by atoms with Crippen molar-refractivity contribution in [3.8, 4) is 0 Å². The highest BCUT2D eigenvalue weighted by Gasteiger charge is 2.17. The second-order valence-electron chi connectivity index (χ2n) is 4.60. The molecule has 1 unspecified atom stereocenters. The van der Waals surface area contributed by atoms with Gasteiger partial charge in [0.2, 0.25) is 0 Å². The zero-order valence-electron chi connectivity index (χ0n) is 9.89. The van der Waals surface area contributed by atoms with Gasteiger partial charge in [-0.05, 0) is 29.6 Å². The van der Waals surface area contributed by atoms with E-state index in [0.717, 1.165) is 6.54 Å². The summed E-state index contributed by atoms with van der Waals surface area (Å²) in [6, 6.07) is 11.0. The average molecular weight is 223 g/mol. The van der Waals surface area contributed by atoms with Crippen molar-refractivity contribution < 1.29 is 0 Å². The molecule has 0 fully saturated rings. The Bertz CT molecular complexity index is 480. The maximum Gasteiger partial charge on any atom is 0.0515 e. The lowest BCUT2D eigenvalue weighted by molar-refractivity contribution is 0.709. The van der Waals surface area contributed by atoms with Gasteiger partial charge in [0, 0.05) is 6.54 Å². The molecule has 0 bridgehead atoms. The van der Waals surface area contributed by atoms with Gasteiger partial charge in [0.1, 0.15) is 0 Å². The molecule has 1 aliphatic heterocycles. The Hall–Kier alpha value is -1.60. The van der Waals surface area contributed by atoms with Crippen molar-refractivity contribution in [3.63, 3.8) is 0 Å². The summed E-state index contributed by atoms with van der Waals surface area (Å²) in [6.07, 6.45) is 11.6. The van der Waals surface area contributed by atoms with Crippen LogP contribution in [0.25, 0.3) is 0 Å². The van der Waals surface area contributed by atoms with E-state index in [0.29, 0.717) is 6.04 Å². The molecule has 1 aromatic carbocycles. The van der Waals surface area contributed by atoms with Crippen LogP contribution in [0, 0.1) is 0 Å². The molecule has 1 N–H and O–H groups in total. The first-order valence-electron chi connectivity index (χ1n) is 6.29. The second kappa shape index (κ2) is 4.72. The van der Waals surface area contributed by atoms with Crippen LogP contribution in [0.4, 0.5) is 0 Å². The van der Waals surface area contributed by atoms with Gasteiger partial charge in [0.25, 0.3) is 0 Å². The fourth-order valence-electron chi connectivity index (χ4n) is 2.46. The molecule has 1 aliphatic carbocycles. The maximum atomic E-state index is 3.55. The van der Waals surface area contributed by atoms with E-state index in [9.17, 15) is 0 Å². The normalized spacial score (nSPS) is 23.4. The topological polar surface area (TPSA) is 12.0 Å². The van der Waals surface area contributed by atoms with Crippen molar-refractivity contribution in [1.82, 2.24) is 5.32 Å². The number of hydrogen-bond acceptors (Lipinski definition) is 1. The summed E-state index contributed by atoms with van der Waals surface area (Å²) in [5.41, 5.74) is 4.19. The zero-order valence-corrected chi connectivity index (χ0v) is 9.89. The first-order chi connectivity index (χ1) is 8.43. The van der Waals surface area contributed by atoms with Crippen LogP contribution in [-0.2, 0) is 0 Å². The highest BCUT2D eigenvalue weighted by atomic mass is 14.9. The Balaban J connectivity index is 1.82. The fourth-order valence-corrected chi connectivity index (χ4v) is 2.46. The van der Waals surface area contributed by atoms with E-state index in [1.165, 1.54) is 29.6 Å². The second-order valence-corrected chi connectivity index (χ2v) is 4.60. The van der Waals surface area contributed by atoms with E-state index in [1.54, 1.807) is 0 Å². The van der Waals surface area contributed by atoms with Gasteiger partial charge in [-0.1, -0.05) is 54.6 Å². The molecule has 1 heterocycles. The predicted molar refractivity (Wildman–Crippen MR) is 71.7 cm³/mol. The van der Waals surface area contributed by atoms with Crippen LogP contribution in [0.2, 0.25) is 0 Å². The third-order valence-corrected chi connectivity index (χ3v) is 3.40. The van der Waals surface area contributed by atoms with Gasteiger partial charge in [-0.15, -0.1) is 0 Å². The largest absolute Gasteiger partial charge is 0.303 e. The van der Waals surface area contributed by atoms with Crippen LogP contribution < -0.4 is 5.32 Å². The lowest BCUT2D eigenvalue weighted by atomic mass is 9.99. The van der Waals surface area contributed by atoms with Gasteiger partial charge in [-0.25, -0.2) is 0 Å². The van der Waals surface area contributed by atoms with E-state index < -0.39 is 0 Å². The van der Waals surface area contributed by atoms with E-state index >= 15 is 0 Å². The van der Waals surface area contributed by atoms with Crippen molar-refractivity contribution in [3.05, 3.63) is 71.3 Å². The molecule has 0 amide bonds. The summed E-state index contributed by atoms with van der Waals surface area (Å²) in [5.74, 6) is 0. The first-order valence-corrected chi connectivity index (χ1v) is 6.29. The number of nitrogens with one attached hydrogen (secondary N) is 1. The standard InChI is InChI=1S/C16H17N/c1-3-7-13(8-4-1)15-11-16(17-12-15)14-9-5-2-6-10-14/h2-3,5-11,16-17H,1,4,12H2. The molecule has 2 aliphatic rings. The van der Waals surface area contributed by atoms with E-state index in [4.69, 9.17) is 0 Å². The van der Waals surface area contributed by atoms with Gasteiger partial charge in [-0.2, -0.15) is 0 Å². The molecule has 0 aromatic heterocycles. The number of hydrogen-bond donors (Lipinski definition) is 1. The van der Waals surface area contributed by atoms with Crippen LogP contribution in [0.5, 0.6) is 0 Å². The highest BCUT2D eigenvalue weighted by Crippen LogP contribution is 2.27. The van der Waals surface area contributed by atoms with E-state index in [-0.39, 0.29) is 0 Å². The number of benzene rings is 1. The minimum absolute atomic E-state index is 0.377. The Kier molecular flexibility index (Phi) is 2.93. The quantitative estimate of drug-likeness (QED) is 0.808. The molecule has 0 saturated heterocycles. The summed E-state index contributed by atoms with van der Waals surface area (Å²) < 4.78 is 0. The van der Waals surface area contributed by atoms with Crippen molar-refractivity contribution in [2.45, 2.75) is 18.9 Å². The molecule has 1 heteroatoms. The molecule has 1 nitrogen and oxygen atoms in total. The number of allylic oxidation sites excluding steroid dienone is 3. The Labute approximate surface area is 103 Å². The summed E-state index contributed by atoms with van der Waals surface area (Å²) >= 11 is 0. The minimum atomic E-state index is 0.377. The molecule has 3 rings (SSSR count). The average Bonchev–Trinajstić information content (AvgIpc) is 2.90. The molecular weight excluding hydrogens is 206 g/mol. The third-order valence-electron chi connectivity index (χ3n) is 3.40. The number of rotatable bonds is 2. The lowest BCUT2D eigenvalue weighted by Gasteiger charge is -2.07. The minimum Gasteiger partial charge on any atom is -0.303 e. The molecule has 0 spiro atoms. The molecule has 17 heavy (non-hydrogen) atoms. The van der Waals surface area contributed by atoms with Crippen molar-refractivity contribution in [1.29, 1.82) is 0 Å². The molecule has 1 atom stereocenters. The molecule has 1 aromatic rings. The van der Waals surface area contributed by atoms with Crippen LogP contribution >= 0.6 is 0 Å². The van der Waals surface area contributed by atoms with E-state index in [2.05, 4.69) is 60.0 Å². The van der Waals surface area contributed by atoms with Crippen LogP contribution in [-0.4, -0.2) is 6.54 Å². The summed E-state index contributed by atoms with van der Waals surface area (Å²) in [4.78, 5) is 0. The van der Waals surface area contributed by atoms with Crippen LogP contribution in [0.1, 0.15) is 24.4 Å². The smallest absolute Gasteiger partial charge is 0.0515 e. The van der Waals surface area contributed by atoms with Gasteiger partial charge in [0.15, 0.2) is 0 Å². The monoisotopic (exact) mass is 223 g/mol. The zero-order chi connectivity index (χ0) is 11.5. The Morgan fingerprint density at radius 3 is 2.71 bits per heavy atom. The highest BCUT2D eigenvalue weighted by molar-refractivity contribution is 5.46. The van der Waals surface area contributed by atoms with Crippen molar-refractivity contribution in [2.75, 3.05) is 6.54 Å². The maximum absolute atomic E-state index is 3.55. The van der Waals surface area contributed by atoms with Gasteiger partial charge >= 0.3 is 0 Å². The van der Waals surface area contributed by atoms with Crippen molar-refractivity contribution in [2.24, 2.45) is 0 Å². The van der Waals surface area contributed by atoms with Gasteiger partial charge < -0.3 is 5.32 Å².